The molecule has 1 aromatic carbocycles. The fourth-order valence-corrected chi connectivity index (χ4v) is 1.49. The molecule has 3 nitrogen and oxygen atoms in total. The number of aliphatic carboxylic acids is 1. The van der Waals surface area contributed by atoms with Crippen molar-refractivity contribution >= 4 is 5.97 Å². The Bertz CT molecular complexity index is 416. The fraction of sp³-hybridized carbons (Fsp3) is 0.417. The van der Waals surface area contributed by atoms with Crippen LogP contribution in [0.15, 0.2) is 18.2 Å². The van der Waals surface area contributed by atoms with Crippen LogP contribution in [0.2, 0.25) is 0 Å². The highest BCUT2D eigenvalue weighted by molar-refractivity contribution is 5.68. The Hall–Kier alpha value is -1.65. The van der Waals surface area contributed by atoms with Crippen molar-refractivity contribution in [2.45, 2.75) is 26.2 Å². The molecule has 94 valence electrons. The number of carboxylic acids is 1. The highest BCUT2D eigenvalue weighted by Crippen LogP contribution is 2.34. The van der Waals surface area contributed by atoms with Gasteiger partial charge in [-0.3, -0.25) is 4.79 Å². The molecule has 1 N–H and O–H groups in total. The lowest BCUT2D eigenvalue weighted by molar-refractivity contribution is -0.145. The molecular formula is C12H14F2O3. The molecule has 0 amide bonds. The number of alkyl halides is 2. The molecule has 0 aliphatic carbocycles. The quantitative estimate of drug-likeness (QED) is 0.866. The highest BCUT2D eigenvalue weighted by atomic mass is 19.3. The van der Waals surface area contributed by atoms with Crippen LogP contribution < -0.4 is 4.74 Å². The molecule has 0 aliphatic heterocycles. The number of aryl methyl sites for hydroxylation is 1. The summed E-state index contributed by atoms with van der Waals surface area (Å²) in [6, 6.07) is 3.89. The van der Waals surface area contributed by atoms with E-state index in [2.05, 4.69) is 0 Å². The van der Waals surface area contributed by atoms with Crippen LogP contribution in [0.3, 0.4) is 0 Å². The Morgan fingerprint density at radius 1 is 1.47 bits per heavy atom. The van der Waals surface area contributed by atoms with E-state index in [0.29, 0.717) is 17.9 Å². The zero-order valence-electron chi connectivity index (χ0n) is 9.67. The predicted octanol–water partition coefficient (Wildman–Crippen LogP) is 2.96. The summed E-state index contributed by atoms with van der Waals surface area (Å²) < 4.78 is 32.2. The zero-order valence-corrected chi connectivity index (χ0v) is 9.67. The number of benzene rings is 1. The van der Waals surface area contributed by atoms with Crippen LogP contribution in [0, 0.1) is 6.92 Å². The first-order chi connectivity index (χ1) is 7.86. The molecule has 5 heteroatoms. The number of carboxylic acid groups (broad SMARTS) is 1. The smallest absolute Gasteiger partial charge is 0.309 e. The minimum absolute atomic E-state index is 0.305. The average Bonchev–Trinajstić information content (AvgIpc) is 2.19. The standard InChI is InChI=1S/C12H14F2O3/c1-3-17-10-5-4-9(6-8(10)2)12(13,14)7-11(15)16/h4-6H,3,7H2,1-2H3,(H,15,16). The predicted molar refractivity (Wildman–Crippen MR) is 58.5 cm³/mol. The number of ether oxygens (including phenoxy) is 1. The van der Waals surface area contributed by atoms with E-state index in [1.165, 1.54) is 18.2 Å². The number of rotatable bonds is 5. The van der Waals surface area contributed by atoms with Gasteiger partial charge in [0.25, 0.3) is 5.92 Å². The minimum Gasteiger partial charge on any atom is -0.494 e. The summed E-state index contributed by atoms with van der Waals surface area (Å²) in [5.74, 6) is -4.36. The molecule has 0 bridgehead atoms. The molecular weight excluding hydrogens is 230 g/mol. The fourth-order valence-electron chi connectivity index (χ4n) is 1.49. The van der Waals surface area contributed by atoms with Gasteiger partial charge in [0.1, 0.15) is 12.2 Å². The van der Waals surface area contributed by atoms with Crippen molar-refractivity contribution in [2.24, 2.45) is 0 Å². The summed E-state index contributed by atoms with van der Waals surface area (Å²) in [6.45, 7) is 3.89. The van der Waals surface area contributed by atoms with Gasteiger partial charge in [0, 0.05) is 5.56 Å². The maximum atomic E-state index is 13.5. The zero-order chi connectivity index (χ0) is 13.1. The van der Waals surface area contributed by atoms with Gasteiger partial charge in [0.05, 0.1) is 6.61 Å². The topological polar surface area (TPSA) is 46.5 Å². The molecule has 0 aliphatic rings. The Balaban J connectivity index is 3.00. The summed E-state index contributed by atoms with van der Waals surface area (Å²) in [7, 11) is 0. The van der Waals surface area contributed by atoms with Gasteiger partial charge in [0.2, 0.25) is 0 Å². The molecule has 0 unspecified atom stereocenters. The van der Waals surface area contributed by atoms with E-state index in [9.17, 15) is 13.6 Å². The molecule has 1 aromatic rings. The van der Waals surface area contributed by atoms with Gasteiger partial charge in [-0.1, -0.05) is 0 Å². The van der Waals surface area contributed by atoms with E-state index >= 15 is 0 Å². The van der Waals surface area contributed by atoms with Crippen LogP contribution >= 0.6 is 0 Å². The second-order valence-electron chi connectivity index (χ2n) is 3.69. The summed E-state index contributed by atoms with van der Waals surface area (Å²) in [5, 5.41) is 8.41. The molecule has 0 radical (unpaired) electrons. The van der Waals surface area contributed by atoms with E-state index in [1.807, 2.05) is 0 Å². The average molecular weight is 244 g/mol. The molecule has 0 aromatic heterocycles. The van der Waals surface area contributed by atoms with E-state index < -0.39 is 18.3 Å². The summed E-state index contributed by atoms with van der Waals surface area (Å²) in [5.41, 5.74) is 0.260. The maximum Gasteiger partial charge on any atom is 0.309 e. The minimum atomic E-state index is -3.36. The lowest BCUT2D eigenvalue weighted by atomic mass is 10.0. The second kappa shape index (κ2) is 5.12. The number of hydrogen-bond acceptors (Lipinski definition) is 2. The van der Waals surface area contributed by atoms with Gasteiger partial charge in [-0.15, -0.1) is 0 Å². The first kappa shape index (κ1) is 13.4. The van der Waals surface area contributed by atoms with Gasteiger partial charge in [-0.05, 0) is 37.6 Å². The molecule has 0 saturated heterocycles. The van der Waals surface area contributed by atoms with E-state index in [-0.39, 0.29) is 5.56 Å². The van der Waals surface area contributed by atoms with Gasteiger partial charge in [0.15, 0.2) is 0 Å². The Kier molecular flexibility index (Phi) is 4.04. The van der Waals surface area contributed by atoms with E-state index in [1.54, 1.807) is 13.8 Å². The van der Waals surface area contributed by atoms with Gasteiger partial charge >= 0.3 is 5.97 Å². The van der Waals surface area contributed by atoms with Gasteiger partial charge in [-0.2, -0.15) is 0 Å². The molecule has 0 spiro atoms. The number of hydrogen-bond donors (Lipinski definition) is 1. The summed E-state index contributed by atoms with van der Waals surface area (Å²) in [4.78, 5) is 10.3. The first-order valence-electron chi connectivity index (χ1n) is 5.20. The van der Waals surface area contributed by atoms with Crippen molar-refractivity contribution < 1.29 is 23.4 Å². The van der Waals surface area contributed by atoms with Crippen LogP contribution in [-0.4, -0.2) is 17.7 Å². The number of halogens is 2. The second-order valence-corrected chi connectivity index (χ2v) is 3.69. The molecule has 1 rings (SSSR count). The molecule has 0 atom stereocenters. The third-order valence-corrected chi connectivity index (χ3v) is 2.27. The Labute approximate surface area is 98.0 Å². The molecule has 0 heterocycles. The van der Waals surface area contributed by atoms with Crippen LogP contribution in [0.4, 0.5) is 8.78 Å². The number of carbonyl (C=O) groups is 1. The van der Waals surface area contributed by atoms with Crippen LogP contribution in [-0.2, 0) is 10.7 Å². The third kappa shape index (κ3) is 3.41. The SMILES string of the molecule is CCOc1ccc(C(F)(F)CC(=O)O)cc1C. The Morgan fingerprint density at radius 2 is 2.12 bits per heavy atom. The monoisotopic (exact) mass is 244 g/mol. The third-order valence-electron chi connectivity index (χ3n) is 2.27. The highest BCUT2D eigenvalue weighted by Gasteiger charge is 2.34. The maximum absolute atomic E-state index is 13.5. The first-order valence-corrected chi connectivity index (χ1v) is 5.20. The van der Waals surface area contributed by atoms with Crippen LogP contribution in [0.5, 0.6) is 5.75 Å². The van der Waals surface area contributed by atoms with Crippen molar-refractivity contribution in [1.29, 1.82) is 0 Å². The van der Waals surface area contributed by atoms with Crippen molar-refractivity contribution in [3.8, 4) is 5.75 Å². The Morgan fingerprint density at radius 3 is 2.59 bits per heavy atom. The largest absolute Gasteiger partial charge is 0.494 e. The van der Waals surface area contributed by atoms with E-state index in [4.69, 9.17) is 9.84 Å². The summed E-state index contributed by atoms with van der Waals surface area (Å²) >= 11 is 0. The molecule has 17 heavy (non-hydrogen) atoms. The van der Waals surface area contributed by atoms with Crippen molar-refractivity contribution in [3.05, 3.63) is 29.3 Å². The summed E-state index contributed by atoms with van der Waals surface area (Å²) in [6.07, 6.45) is -1.21. The van der Waals surface area contributed by atoms with Gasteiger partial charge in [-0.25, -0.2) is 8.78 Å². The lowest BCUT2D eigenvalue weighted by Crippen LogP contribution is -2.18. The van der Waals surface area contributed by atoms with Crippen LogP contribution in [0.25, 0.3) is 0 Å². The molecule has 0 saturated carbocycles. The van der Waals surface area contributed by atoms with Crippen molar-refractivity contribution in [1.82, 2.24) is 0 Å². The van der Waals surface area contributed by atoms with Crippen molar-refractivity contribution in [2.75, 3.05) is 6.61 Å². The van der Waals surface area contributed by atoms with E-state index in [0.717, 1.165) is 0 Å². The van der Waals surface area contributed by atoms with Crippen molar-refractivity contribution in [3.63, 3.8) is 0 Å². The normalized spacial score (nSPS) is 11.3. The van der Waals surface area contributed by atoms with Gasteiger partial charge < -0.3 is 9.84 Å². The van der Waals surface area contributed by atoms with Crippen LogP contribution in [0.1, 0.15) is 24.5 Å². The lowest BCUT2D eigenvalue weighted by Gasteiger charge is -2.16. The molecule has 0 fully saturated rings.